The molecule has 0 aliphatic rings. The van der Waals surface area contributed by atoms with Gasteiger partial charge in [0.15, 0.2) is 5.69 Å². The number of hydrogen-bond donors (Lipinski definition) is 1. The maximum absolute atomic E-state index is 14.5. The van der Waals surface area contributed by atoms with Gasteiger partial charge in [-0.15, -0.1) is 0 Å². The first-order valence-electron chi connectivity index (χ1n) is 8.59. The van der Waals surface area contributed by atoms with Crippen LogP contribution in [0.2, 0.25) is 5.15 Å². The average Bonchev–Trinajstić information content (AvgIpc) is 2.71. The smallest absolute Gasteiger partial charge is 0.346 e. The lowest BCUT2D eigenvalue weighted by Gasteiger charge is -2.19. The van der Waals surface area contributed by atoms with Crippen LogP contribution in [0.15, 0.2) is 54.9 Å². The van der Waals surface area contributed by atoms with E-state index in [9.17, 15) is 31.1 Å². The van der Waals surface area contributed by atoms with Crippen LogP contribution in [0.1, 0.15) is 21.6 Å². The maximum atomic E-state index is 14.5. The lowest BCUT2D eigenvalue weighted by atomic mass is 10.0. The Kier molecular flexibility index (Phi) is 6.21. The van der Waals surface area contributed by atoms with Gasteiger partial charge in [0, 0.05) is 18.0 Å². The molecular formula is C20H12ClF6N3O. The Bertz CT molecular complexity index is 1100. The molecule has 0 saturated carbocycles. The number of nitrogens with one attached hydrogen (secondary N) is 1. The van der Waals surface area contributed by atoms with Gasteiger partial charge in [0.1, 0.15) is 11.0 Å². The Morgan fingerprint density at radius 3 is 2.32 bits per heavy atom. The minimum absolute atomic E-state index is 0.199. The molecule has 1 amide bonds. The van der Waals surface area contributed by atoms with Crippen LogP contribution in [0.5, 0.6) is 0 Å². The van der Waals surface area contributed by atoms with E-state index >= 15 is 0 Å². The molecule has 3 aromatic rings. The number of rotatable bonds is 5. The molecule has 0 spiro atoms. The van der Waals surface area contributed by atoms with E-state index in [0.29, 0.717) is 5.56 Å². The quantitative estimate of drug-likeness (QED) is 0.406. The van der Waals surface area contributed by atoms with Gasteiger partial charge in [-0.05, 0) is 42.0 Å². The minimum atomic E-state index is -4.95. The molecule has 162 valence electrons. The third kappa shape index (κ3) is 5.13. The number of halogens is 7. The number of alkyl halides is 5. The topological polar surface area (TPSA) is 54.9 Å². The van der Waals surface area contributed by atoms with Crippen LogP contribution in [0.4, 0.5) is 26.3 Å². The molecule has 4 nitrogen and oxygen atoms in total. The van der Waals surface area contributed by atoms with Crippen LogP contribution in [0, 0.1) is 5.82 Å². The number of hydrogen-bond acceptors (Lipinski definition) is 3. The highest BCUT2D eigenvalue weighted by Crippen LogP contribution is 2.33. The Hall–Kier alpha value is -3.14. The molecule has 3 rings (SSSR count). The van der Waals surface area contributed by atoms with Gasteiger partial charge in [-0.25, -0.2) is 9.37 Å². The number of carbonyl (C=O) groups is 1. The molecule has 31 heavy (non-hydrogen) atoms. The van der Waals surface area contributed by atoms with Crippen molar-refractivity contribution in [1.82, 2.24) is 15.3 Å². The second-order valence-corrected chi connectivity index (χ2v) is 6.74. The summed E-state index contributed by atoms with van der Waals surface area (Å²) in [6.07, 6.45) is -2.79. The van der Waals surface area contributed by atoms with E-state index in [-0.39, 0.29) is 10.7 Å². The zero-order chi connectivity index (χ0) is 22.8. The molecule has 1 aromatic carbocycles. The molecule has 1 N–H and O–H groups in total. The number of aromatic nitrogens is 2. The summed E-state index contributed by atoms with van der Waals surface area (Å²) in [5.41, 5.74) is -2.77. The molecular weight excluding hydrogens is 448 g/mol. The molecule has 0 atom stereocenters. The second kappa shape index (κ2) is 8.54. The fourth-order valence-electron chi connectivity index (χ4n) is 2.73. The summed E-state index contributed by atoms with van der Waals surface area (Å²) in [6, 6.07) is 7.75. The van der Waals surface area contributed by atoms with Gasteiger partial charge in [0.05, 0.1) is 17.7 Å². The summed E-state index contributed by atoms with van der Waals surface area (Å²) >= 11 is 5.67. The van der Waals surface area contributed by atoms with Crippen LogP contribution >= 0.6 is 11.6 Å². The Balaban J connectivity index is 1.78. The largest absolute Gasteiger partial charge is 0.434 e. The standard InChI is InChI=1S/C20H12ClF6N3O/c21-16-6-4-12(9-29-16)11-3-5-14(15(22)8-11)19(23,24)10-30-18(31)13-2-1-7-28-17(13)20(25,26)27/h1-9H,10H2,(H,30,31). The van der Waals surface area contributed by atoms with Crippen molar-refractivity contribution in [3.63, 3.8) is 0 Å². The molecule has 0 radical (unpaired) electrons. The fourth-order valence-corrected chi connectivity index (χ4v) is 2.85. The van der Waals surface area contributed by atoms with E-state index < -0.39 is 47.2 Å². The van der Waals surface area contributed by atoms with Crippen molar-refractivity contribution in [3.8, 4) is 11.1 Å². The number of pyridine rings is 2. The summed E-state index contributed by atoms with van der Waals surface area (Å²) in [5, 5.41) is 1.91. The molecule has 2 heterocycles. The van der Waals surface area contributed by atoms with Crippen molar-refractivity contribution in [2.75, 3.05) is 6.54 Å². The van der Waals surface area contributed by atoms with Crippen molar-refractivity contribution in [2.45, 2.75) is 12.1 Å². The predicted molar refractivity (Wildman–Crippen MR) is 100 cm³/mol. The van der Waals surface area contributed by atoms with Gasteiger partial charge in [-0.1, -0.05) is 17.7 Å². The highest BCUT2D eigenvalue weighted by molar-refractivity contribution is 6.29. The first-order chi connectivity index (χ1) is 14.5. The zero-order valence-corrected chi connectivity index (χ0v) is 16.1. The zero-order valence-electron chi connectivity index (χ0n) is 15.4. The molecule has 0 fully saturated rings. The van der Waals surface area contributed by atoms with Crippen LogP contribution in [0.3, 0.4) is 0 Å². The minimum Gasteiger partial charge on any atom is -0.346 e. The highest BCUT2D eigenvalue weighted by atomic mass is 35.5. The van der Waals surface area contributed by atoms with Gasteiger partial charge in [-0.3, -0.25) is 9.78 Å². The van der Waals surface area contributed by atoms with Crippen LogP contribution in [-0.4, -0.2) is 22.4 Å². The molecule has 0 aliphatic carbocycles. The van der Waals surface area contributed by atoms with Crippen LogP contribution in [0.25, 0.3) is 11.1 Å². The van der Waals surface area contributed by atoms with Crippen molar-refractivity contribution in [2.24, 2.45) is 0 Å². The summed E-state index contributed by atoms with van der Waals surface area (Å²) in [4.78, 5) is 19.0. The third-order valence-corrected chi connectivity index (χ3v) is 4.44. The van der Waals surface area contributed by atoms with E-state index in [0.717, 1.165) is 30.5 Å². The molecule has 2 aromatic heterocycles. The van der Waals surface area contributed by atoms with E-state index in [4.69, 9.17) is 11.6 Å². The monoisotopic (exact) mass is 459 g/mol. The van der Waals surface area contributed by atoms with Gasteiger partial charge in [0.25, 0.3) is 11.8 Å². The number of nitrogens with zero attached hydrogens (tertiary/aromatic N) is 2. The Labute approximate surface area is 176 Å². The van der Waals surface area contributed by atoms with Crippen LogP contribution in [-0.2, 0) is 12.1 Å². The van der Waals surface area contributed by atoms with E-state index in [2.05, 4.69) is 9.97 Å². The van der Waals surface area contributed by atoms with Gasteiger partial charge in [0.2, 0.25) is 0 Å². The maximum Gasteiger partial charge on any atom is 0.434 e. The predicted octanol–water partition coefficient (Wildman–Crippen LogP) is 5.48. The molecule has 0 unspecified atom stereocenters. The Morgan fingerprint density at radius 2 is 1.71 bits per heavy atom. The molecule has 0 aliphatic heterocycles. The van der Waals surface area contributed by atoms with E-state index in [1.54, 1.807) is 5.32 Å². The number of carbonyl (C=O) groups excluding carboxylic acids is 1. The SMILES string of the molecule is O=C(NCC(F)(F)c1ccc(-c2ccc(Cl)nc2)cc1F)c1cccnc1C(F)(F)F. The Morgan fingerprint density at radius 1 is 1.00 bits per heavy atom. The summed E-state index contributed by atoms with van der Waals surface area (Å²) in [6.45, 7) is -1.42. The first-order valence-corrected chi connectivity index (χ1v) is 8.97. The number of amides is 1. The van der Waals surface area contributed by atoms with Gasteiger partial charge < -0.3 is 5.32 Å². The summed E-state index contributed by atoms with van der Waals surface area (Å²) in [5.74, 6) is -6.56. The average molecular weight is 460 g/mol. The molecule has 11 heteroatoms. The highest BCUT2D eigenvalue weighted by Gasteiger charge is 2.39. The van der Waals surface area contributed by atoms with Crippen molar-refractivity contribution < 1.29 is 31.1 Å². The third-order valence-electron chi connectivity index (χ3n) is 4.22. The van der Waals surface area contributed by atoms with Crippen molar-refractivity contribution in [1.29, 1.82) is 0 Å². The lowest BCUT2D eigenvalue weighted by Crippen LogP contribution is -2.36. The van der Waals surface area contributed by atoms with Gasteiger partial charge in [-0.2, -0.15) is 22.0 Å². The summed E-state index contributed by atoms with van der Waals surface area (Å²) < 4.78 is 82.2. The number of benzene rings is 1. The van der Waals surface area contributed by atoms with E-state index in [1.165, 1.54) is 24.4 Å². The van der Waals surface area contributed by atoms with E-state index in [1.807, 2.05) is 0 Å². The van der Waals surface area contributed by atoms with Crippen LogP contribution < -0.4 is 5.32 Å². The summed E-state index contributed by atoms with van der Waals surface area (Å²) in [7, 11) is 0. The van der Waals surface area contributed by atoms with Gasteiger partial charge >= 0.3 is 6.18 Å². The van der Waals surface area contributed by atoms with Crippen molar-refractivity contribution in [3.05, 3.63) is 82.6 Å². The normalized spacial score (nSPS) is 12.0. The van der Waals surface area contributed by atoms with Crippen molar-refractivity contribution >= 4 is 17.5 Å². The first kappa shape index (κ1) is 22.5. The molecule has 0 saturated heterocycles. The molecule has 0 bridgehead atoms. The lowest BCUT2D eigenvalue weighted by molar-refractivity contribution is -0.141. The fraction of sp³-hybridized carbons (Fsp3) is 0.150. The second-order valence-electron chi connectivity index (χ2n) is 6.35.